The van der Waals surface area contributed by atoms with E-state index in [4.69, 9.17) is 10.5 Å². The van der Waals surface area contributed by atoms with Gasteiger partial charge in [0, 0.05) is 5.57 Å². The Morgan fingerprint density at radius 1 is 1.78 bits per heavy atom. The predicted molar refractivity (Wildman–Crippen MR) is 32.4 cm³/mol. The molecule has 0 fully saturated rings. The molecular weight excluding hydrogens is 118 g/mol. The van der Waals surface area contributed by atoms with Gasteiger partial charge in [0.2, 0.25) is 5.91 Å². The van der Waals surface area contributed by atoms with Crippen LogP contribution in [0.4, 0.5) is 0 Å². The zero-order chi connectivity index (χ0) is 6.69. The van der Waals surface area contributed by atoms with Gasteiger partial charge in [-0.15, -0.1) is 0 Å². The van der Waals surface area contributed by atoms with Crippen molar-refractivity contribution < 1.29 is 9.53 Å². The fraction of sp³-hybridized carbons (Fsp3) is 0.167. The fourth-order valence-electron chi connectivity index (χ4n) is 0.566. The molecule has 1 aliphatic rings. The van der Waals surface area contributed by atoms with Crippen molar-refractivity contribution >= 4 is 5.91 Å². The van der Waals surface area contributed by atoms with Crippen LogP contribution in [0.15, 0.2) is 24.0 Å². The van der Waals surface area contributed by atoms with E-state index in [0.717, 1.165) is 0 Å². The Hall–Kier alpha value is -1.25. The maximum atomic E-state index is 10.4. The van der Waals surface area contributed by atoms with E-state index in [2.05, 4.69) is 0 Å². The van der Waals surface area contributed by atoms with E-state index >= 15 is 0 Å². The van der Waals surface area contributed by atoms with E-state index in [0.29, 0.717) is 12.2 Å². The Balaban J connectivity index is 2.69. The van der Waals surface area contributed by atoms with E-state index in [1.165, 1.54) is 6.26 Å². The summed E-state index contributed by atoms with van der Waals surface area (Å²) in [6, 6.07) is 0. The number of primary amides is 1. The number of hydrogen-bond donors (Lipinski definition) is 1. The van der Waals surface area contributed by atoms with Gasteiger partial charge < -0.3 is 10.5 Å². The molecule has 0 saturated carbocycles. The molecule has 48 valence electrons. The molecule has 1 aliphatic heterocycles. The van der Waals surface area contributed by atoms with Gasteiger partial charge in [-0.1, -0.05) is 0 Å². The summed E-state index contributed by atoms with van der Waals surface area (Å²) in [4.78, 5) is 10.4. The monoisotopic (exact) mass is 125 g/mol. The Morgan fingerprint density at radius 2 is 2.56 bits per heavy atom. The van der Waals surface area contributed by atoms with Crippen LogP contribution in [0.3, 0.4) is 0 Å². The summed E-state index contributed by atoms with van der Waals surface area (Å²) in [5, 5.41) is 0. The highest BCUT2D eigenvalue weighted by molar-refractivity contribution is 5.94. The van der Waals surface area contributed by atoms with Crippen molar-refractivity contribution in [3.05, 3.63) is 24.0 Å². The molecule has 0 bridgehead atoms. The van der Waals surface area contributed by atoms with Crippen molar-refractivity contribution in [2.45, 2.75) is 0 Å². The summed E-state index contributed by atoms with van der Waals surface area (Å²) in [5.41, 5.74) is 5.47. The fourth-order valence-corrected chi connectivity index (χ4v) is 0.566. The number of amides is 1. The van der Waals surface area contributed by atoms with Crippen molar-refractivity contribution in [1.82, 2.24) is 0 Å². The highest BCUT2D eigenvalue weighted by atomic mass is 16.5. The Labute approximate surface area is 52.8 Å². The second-order valence-corrected chi connectivity index (χ2v) is 1.66. The molecule has 0 atom stereocenters. The van der Waals surface area contributed by atoms with Crippen molar-refractivity contribution in [3.8, 4) is 0 Å². The molecule has 3 nitrogen and oxygen atoms in total. The topological polar surface area (TPSA) is 52.3 Å². The quantitative estimate of drug-likeness (QED) is 0.533. The average molecular weight is 125 g/mol. The van der Waals surface area contributed by atoms with Crippen LogP contribution in [0.5, 0.6) is 0 Å². The third-order valence-electron chi connectivity index (χ3n) is 1.03. The van der Waals surface area contributed by atoms with E-state index in [9.17, 15) is 4.79 Å². The van der Waals surface area contributed by atoms with Gasteiger partial charge in [0.25, 0.3) is 0 Å². The summed E-state index contributed by atoms with van der Waals surface area (Å²) >= 11 is 0. The lowest BCUT2D eigenvalue weighted by atomic mass is 10.2. The van der Waals surface area contributed by atoms with Crippen molar-refractivity contribution in [3.63, 3.8) is 0 Å². The number of nitrogens with two attached hydrogens (primary N) is 1. The highest BCUT2D eigenvalue weighted by Crippen LogP contribution is 2.01. The van der Waals surface area contributed by atoms with Gasteiger partial charge in [-0.3, -0.25) is 4.79 Å². The van der Waals surface area contributed by atoms with Crippen LogP contribution in [0.25, 0.3) is 0 Å². The lowest BCUT2D eigenvalue weighted by molar-refractivity contribution is -0.114. The van der Waals surface area contributed by atoms with E-state index in [1.54, 1.807) is 12.2 Å². The summed E-state index contributed by atoms with van der Waals surface area (Å²) in [7, 11) is 0. The zero-order valence-electron chi connectivity index (χ0n) is 4.83. The summed E-state index contributed by atoms with van der Waals surface area (Å²) in [6.07, 6.45) is 4.65. The lowest BCUT2D eigenvalue weighted by Gasteiger charge is -2.02. The first-order valence-electron chi connectivity index (χ1n) is 2.59. The molecule has 0 spiro atoms. The van der Waals surface area contributed by atoms with Crippen LogP contribution in [-0.2, 0) is 9.53 Å². The third-order valence-corrected chi connectivity index (χ3v) is 1.03. The van der Waals surface area contributed by atoms with Gasteiger partial charge in [0.05, 0.1) is 6.26 Å². The largest absolute Gasteiger partial charge is 0.497 e. The molecule has 2 N–H and O–H groups in total. The number of ether oxygens (including phenoxy) is 1. The first kappa shape index (κ1) is 5.88. The molecule has 0 saturated heterocycles. The van der Waals surface area contributed by atoms with Crippen molar-refractivity contribution in [2.24, 2.45) is 5.73 Å². The lowest BCUT2D eigenvalue weighted by Crippen LogP contribution is -2.14. The molecule has 9 heavy (non-hydrogen) atoms. The second kappa shape index (κ2) is 2.35. The van der Waals surface area contributed by atoms with Gasteiger partial charge >= 0.3 is 0 Å². The average Bonchev–Trinajstić information content (AvgIpc) is 1.90. The van der Waals surface area contributed by atoms with Gasteiger partial charge in [-0.25, -0.2) is 0 Å². The minimum atomic E-state index is -0.408. The van der Waals surface area contributed by atoms with Crippen LogP contribution < -0.4 is 5.73 Å². The Bertz CT molecular complexity index is 181. The van der Waals surface area contributed by atoms with E-state index < -0.39 is 5.91 Å². The predicted octanol–water partition coefficient (Wildman–Crippen LogP) is -0.0580. The van der Waals surface area contributed by atoms with E-state index in [1.807, 2.05) is 0 Å². The summed E-state index contributed by atoms with van der Waals surface area (Å²) < 4.78 is 4.79. The summed E-state index contributed by atoms with van der Waals surface area (Å²) in [6.45, 7) is 0.439. The molecule has 1 rings (SSSR count). The summed E-state index contributed by atoms with van der Waals surface area (Å²) in [5.74, 6) is -0.408. The molecule has 0 aromatic heterocycles. The maximum absolute atomic E-state index is 10.4. The van der Waals surface area contributed by atoms with Crippen LogP contribution in [0, 0.1) is 0 Å². The van der Waals surface area contributed by atoms with E-state index in [-0.39, 0.29) is 0 Å². The molecule has 3 heteroatoms. The number of rotatable bonds is 1. The molecule has 0 aliphatic carbocycles. The first-order valence-corrected chi connectivity index (χ1v) is 2.59. The second-order valence-electron chi connectivity index (χ2n) is 1.66. The molecule has 1 amide bonds. The standard InChI is InChI=1S/C6H7NO2/c7-6(8)5-1-3-9-4-2-5/h1-3H,4H2,(H2,7,8). The van der Waals surface area contributed by atoms with Gasteiger partial charge in [0.1, 0.15) is 6.61 Å². The third kappa shape index (κ3) is 1.32. The molecule has 0 radical (unpaired) electrons. The van der Waals surface area contributed by atoms with Gasteiger partial charge in [-0.2, -0.15) is 0 Å². The minimum absolute atomic E-state index is 0.408. The molecular formula is C6H7NO2. The van der Waals surface area contributed by atoms with Crippen LogP contribution >= 0.6 is 0 Å². The van der Waals surface area contributed by atoms with Crippen LogP contribution in [0.1, 0.15) is 0 Å². The van der Waals surface area contributed by atoms with Gasteiger partial charge in [-0.05, 0) is 12.2 Å². The maximum Gasteiger partial charge on any atom is 0.248 e. The highest BCUT2D eigenvalue weighted by Gasteiger charge is 2.01. The minimum Gasteiger partial charge on any atom is -0.497 e. The molecule has 0 unspecified atom stereocenters. The van der Waals surface area contributed by atoms with Crippen molar-refractivity contribution in [1.29, 1.82) is 0 Å². The first-order chi connectivity index (χ1) is 4.30. The number of carbonyl (C=O) groups excluding carboxylic acids is 1. The normalized spacial score (nSPS) is 16.2. The smallest absolute Gasteiger partial charge is 0.248 e. The van der Waals surface area contributed by atoms with Crippen molar-refractivity contribution in [2.75, 3.05) is 6.61 Å². The SMILES string of the molecule is NC(=O)C1=CCOC=C1. The Morgan fingerprint density at radius 3 is 2.89 bits per heavy atom. The molecule has 0 aromatic carbocycles. The molecule has 0 aromatic rings. The zero-order valence-corrected chi connectivity index (χ0v) is 4.83. The van der Waals surface area contributed by atoms with Gasteiger partial charge in [0.15, 0.2) is 0 Å². The molecule has 1 heterocycles. The van der Waals surface area contributed by atoms with Crippen LogP contribution in [-0.4, -0.2) is 12.5 Å². The Kier molecular flexibility index (Phi) is 1.53. The number of carbonyl (C=O) groups is 1. The number of hydrogen-bond acceptors (Lipinski definition) is 2. The van der Waals surface area contributed by atoms with Crippen LogP contribution in [0.2, 0.25) is 0 Å².